The number of piperidine rings is 1. The zero-order valence-corrected chi connectivity index (χ0v) is 15.3. The van der Waals surface area contributed by atoms with E-state index in [0.717, 1.165) is 24.0 Å². The van der Waals surface area contributed by atoms with E-state index in [1.54, 1.807) is 13.0 Å². The smallest absolute Gasteiger partial charge is 0.255 e. The number of aryl methyl sites for hydroxylation is 3. The zero-order valence-electron chi connectivity index (χ0n) is 15.3. The number of pyridine rings is 1. The Kier molecular flexibility index (Phi) is 5.71. The van der Waals surface area contributed by atoms with Crippen LogP contribution in [0, 0.1) is 13.8 Å². The molecule has 1 fully saturated rings. The summed E-state index contributed by atoms with van der Waals surface area (Å²) >= 11 is 0. The minimum absolute atomic E-state index is 0.0989. The topological polar surface area (TPSA) is 75.4 Å². The molecule has 6 heteroatoms. The highest BCUT2D eigenvalue weighted by molar-refractivity contribution is 5.95. The Bertz CT molecular complexity index is 776. The van der Waals surface area contributed by atoms with E-state index >= 15 is 0 Å². The van der Waals surface area contributed by atoms with Crippen LogP contribution in [0.3, 0.4) is 0 Å². The van der Waals surface area contributed by atoms with Crippen molar-refractivity contribution in [3.8, 4) is 0 Å². The summed E-state index contributed by atoms with van der Waals surface area (Å²) in [4.78, 5) is 30.7. The minimum atomic E-state index is -0.104. The van der Waals surface area contributed by atoms with Gasteiger partial charge in [0.25, 0.3) is 5.91 Å². The second-order valence-electron chi connectivity index (χ2n) is 6.89. The molecule has 3 heterocycles. The van der Waals surface area contributed by atoms with Gasteiger partial charge in [0.05, 0.1) is 11.8 Å². The van der Waals surface area contributed by atoms with Crippen LogP contribution in [0.1, 0.15) is 46.5 Å². The number of hydrogen-bond donors (Lipinski definition) is 1. The number of amides is 2. The normalized spacial score (nSPS) is 15.1. The molecule has 6 nitrogen and oxygen atoms in total. The fourth-order valence-corrected chi connectivity index (χ4v) is 3.32. The van der Waals surface area contributed by atoms with Crippen LogP contribution in [0.15, 0.2) is 35.2 Å². The maximum atomic E-state index is 12.4. The van der Waals surface area contributed by atoms with Crippen molar-refractivity contribution in [3.63, 3.8) is 0 Å². The molecular weight excluding hydrogens is 330 g/mol. The van der Waals surface area contributed by atoms with Gasteiger partial charge in [0.2, 0.25) is 5.91 Å². The predicted octanol–water partition coefficient (Wildman–Crippen LogP) is 2.65. The molecule has 0 radical (unpaired) electrons. The van der Waals surface area contributed by atoms with E-state index in [1.807, 2.05) is 24.2 Å². The van der Waals surface area contributed by atoms with E-state index in [2.05, 4.69) is 16.4 Å². The average molecular weight is 355 g/mol. The number of rotatable bonds is 5. The largest absolute Gasteiger partial charge is 0.469 e. The lowest BCUT2D eigenvalue weighted by molar-refractivity contribution is -0.132. The Hall–Kier alpha value is -2.63. The molecule has 0 spiro atoms. The van der Waals surface area contributed by atoms with E-state index in [1.165, 1.54) is 6.26 Å². The van der Waals surface area contributed by atoms with Gasteiger partial charge in [-0.25, -0.2) is 0 Å². The maximum absolute atomic E-state index is 12.4. The van der Waals surface area contributed by atoms with Crippen LogP contribution in [0.5, 0.6) is 0 Å². The standard InChI is InChI=1S/C20H25N3O3/c1-14-11-16(13-21-12-14)3-4-19(24)23-8-5-17(6-9-23)22-20(25)18-7-10-26-15(18)2/h7,10-13,17H,3-6,8-9H2,1-2H3,(H,22,25). The predicted molar refractivity (Wildman–Crippen MR) is 97.8 cm³/mol. The van der Waals surface area contributed by atoms with Crippen molar-refractivity contribution in [1.29, 1.82) is 0 Å². The van der Waals surface area contributed by atoms with E-state index in [-0.39, 0.29) is 17.9 Å². The molecule has 0 aliphatic carbocycles. The van der Waals surface area contributed by atoms with Crippen LogP contribution in [-0.4, -0.2) is 40.8 Å². The quantitative estimate of drug-likeness (QED) is 0.895. The lowest BCUT2D eigenvalue weighted by Gasteiger charge is -2.32. The van der Waals surface area contributed by atoms with Gasteiger partial charge >= 0.3 is 0 Å². The van der Waals surface area contributed by atoms with Gasteiger partial charge in [-0.2, -0.15) is 0 Å². The number of nitrogens with zero attached hydrogens (tertiary/aromatic N) is 2. The van der Waals surface area contributed by atoms with Crippen LogP contribution in [0.4, 0.5) is 0 Å². The first-order valence-corrected chi connectivity index (χ1v) is 9.06. The number of furan rings is 1. The van der Waals surface area contributed by atoms with Gasteiger partial charge in [0.15, 0.2) is 0 Å². The summed E-state index contributed by atoms with van der Waals surface area (Å²) in [5.74, 6) is 0.690. The first kappa shape index (κ1) is 18.2. The number of hydrogen-bond acceptors (Lipinski definition) is 4. The molecule has 1 saturated heterocycles. The molecule has 3 rings (SSSR count). The lowest BCUT2D eigenvalue weighted by atomic mass is 10.0. The number of aromatic nitrogens is 1. The fourth-order valence-electron chi connectivity index (χ4n) is 3.32. The summed E-state index contributed by atoms with van der Waals surface area (Å²) < 4.78 is 5.18. The van der Waals surface area contributed by atoms with Crippen molar-refractivity contribution in [2.75, 3.05) is 13.1 Å². The van der Waals surface area contributed by atoms with E-state index < -0.39 is 0 Å². The summed E-state index contributed by atoms with van der Waals surface area (Å²) in [6.07, 6.45) is 7.92. The summed E-state index contributed by atoms with van der Waals surface area (Å²) in [7, 11) is 0. The van der Waals surface area contributed by atoms with Crippen LogP contribution in [-0.2, 0) is 11.2 Å². The van der Waals surface area contributed by atoms with Crippen molar-refractivity contribution >= 4 is 11.8 Å². The Labute approximate surface area is 153 Å². The molecule has 2 aromatic rings. The van der Waals surface area contributed by atoms with Gasteiger partial charge in [-0.15, -0.1) is 0 Å². The highest BCUT2D eigenvalue weighted by Gasteiger charge is 2.24. The molecule has 0 bridgehead atoms. The van der Waals surface area contributed by atoms with Crippen LogP contribution in [0.2, 0.25) is 0 Å². The first-order chi connectivity index (χ1) is 12.5. The van der Waals surface area contributed by atoms with Gasteiger partial charge in [-0.1, -0.05) is 6.07 Å². The Morgan fingerprint density at radius 3 is 2.69 bits per heavy atom. The van der Waals surface area contributed by atoms with Crippen molar-refractivity contribution in [2.45, 2.75) is 45.6 Å². The first-order valence-electron chi connectivity index (χ1n) is 9.06. The molecule has 2 amide bonds. The molecule has 2 aromatic heterocycles. The SMILES string of the molecule is Cc1cncc(CCC(=O)N2CCC(NC(=O)c3ccoc3C)CC2)c1. The van der Waals surface area contributed by atoms with Gasteiger partial charge in [-0.3, -0.25) is 14.6 Å². The molecular formula is C20H25N3O3. The molecule has 0 unspecified atom stereocenters. The molecule has 26 heavy (non-hydrogen) atoms. The molecule has 0 saturated carbocycles. The van der Waals surface area contributed by atoms with Crippen LogP contribution < -0.4 is 5.32 Å². The Balaban J connectivity index is 1.43. The monoisotopic (exact) mass is 355 g/mol. The highest BCUT2D eigenvalue weighted by Crippen LogP contribution is 2.15. The maximum Gasteiger partial charge on any atom is 0.255 e. The van der Waals surface area contributed by atoms with Crippen LogP contribution >= 0.6 is 0 Å². The summed E-state index contributed by atoms with van der Waals surface area (Å²) in [5.41, 5.74) is 2.78. The number of carbonyl (C=O) groups excluding carboxylic acids is 2. The lowest BCUT2D eigenvalue weighted by Crippen LogP contribution is -2.46. The third-order valence-electron chi connectivity index (χ3n) is 4.85. The summed E-state index contributed by atoms with van der Waals surface area (Å²) in [6, 6.07) is 3.85. The second-order valence-corrected chi connectivity index (χ2v) is 6.89. The van der Waals surface area contributed by atoms with Gasteiger partial charge in [0.1, 0.15) is 5.76 Å². The van der Waals surface area contributed by atoms with Crippen molar-refractivity contribution in [3.05, 3.63) is 53.2 Å². The zero-order chi connectivity index (χ0) is 18.5. The number of likely N-dealkylation sites (tertiary alicyclic amines) is 1. The molecule has 0 aromatic carbocycles. The Morgan fingerprint density at radius 2 is 2.04 bits per heavy atom. The van der Waals surface area contributed by atoms with E-state index in [4.69, 9.17) is 4.42 Å². The molecule has 1 aliphatic heterocycles. The summed E-state index contributed by atoms with van der Waals surface area (Å²) in [5, 5.41) is 3.04. The van der Waals surface area contributed by atoms with Crippen molar-refractivity contribution in [2.24, 2.45) is 0 Å². The second kappa shape index (κ2) is 8.17. The highest BCUT2D eigenvalue weighted by atomic mass is 16.3. The summed E-state index contributed by atoms with van der Waals surface area (Å²) in [6.45, 7) is 5.14. The van der Waals surface area contributed by atoms with Crippen molar-refractivity contribution < 1.29 is 14.0 Å². The van der Waals surface area contributed by atoms with Gasteiger partial charge in [0, 0.05) is 37.9 Å². The molecule has 1 N–H and O–H groups in total. The minimum Gasteiger partial charge on any atom is -0.469 e. The van der Waals surface area contributed by atoms with Crippen LogP contribution in [0.25, 0.3) is 0 Å². The molecule has 0 atom stereocenters. The van der Waals surface area contributed by atoms with Gasteiger partial charge in [-0.05, 0) is 50.3 Å². The third kappa shape index (κ3) is 4.50. The van der Waals surface area contributed by atoms with Gasteiger partial charge < -0.3 is 14.6 Å². The molecule has 138 valence electrons. The third-order valence-corrected chi connectivity index (χ3v) is 4.85. The fraction of sp³-hybridized carbons (Fsp3) is 0.450. The van der Waals surface area contributed by atoms with Crippen molar-refractivity contribution in [1.82, 2.24) is 15.2 Å². The molecule has 1 aliphatic rings. The number of nitrogens with one attached hydrogen (secondary N) is 1. The average Bonchev–Trinajstić information content (AvgIpc) is 3.06. The van der Waals surface area contributed by atoms with E-state index in [9.17, 15) is 9.59 Å². The Morgan fingerprint density at radius 1 is 1.27 bits per heavy atom. The van der Waals surface area contributed by atoms with E-state index in [0.29, 0.717) is 37.3 Å². The number of carbonyl (C=O) groups is 2.